The van der Waals surface area contributed by atoms with Crippen molar-refractivity contribution < 1.29 is 4.39 Å². The van der Waals surface area contributed by atoms with Crippen LogP contribution in [0.2, 0.25) is 0 Å². The fraction of sp³-hybridized carbons (Fsp3) is 0.600. The first-order valence-electron chi connectivity index (χ1n) is 6.91. The smallest absolute Gasteiger partial charge is 0.146 e. The molecule has 100 valence electrons. The summed E-state index contributed by atoms with van der Waals surface area (Å²) in [6.45, 7) is 5.15. The third kappa shape index (κ3) is 3.70. The molecule has 1 aromatic rings. The monoisotopic (exact) mass is 250 g/mol. The van der Waals surface area contributed by atoms with E-state index in [9.17, 15) is 4.39 Å². The van der Waals surface area contributed by atoms with E-state index in [0.717, 1.165) is 18.5 Å². The summed E-state index contributed by atoms with van der Waals surface area (Å²) in [5.74, 6) is -0.154. The largest absolute Gasteiger partial charge is 0.380 e. The van der Waals surface area contributed by atoms with Gasteiger partial charge in [0.15, 0.2) is 0 Å². The van der Waals surface area contributed by atoms with Gasteiger partial charge in [-0.2, -0.15) is 0 Å². The maximum Gasteiger partial charge on any atom is 0.146 e. The van der Waals surface area contributed by atoms with Gasteiger partial charge in [0.05, 0.1) is 5.69 Å². The van der Waals surface area contributed by atoms with Gasteiger partial charge in [-0.25, -0.2) is 4.39 Å². The van der Waals surface area contributed by atoms with Crippen LogP contribution >= 0.6 is 0 Å². The van der Waals surface area contributed by atoms with Crippen molar-refractivity contribution in [1.29, 1.82) is 0 Å². The summed E-state index contributed by atoms with van der Waals surface area (Å²) in [5, 5.41) is 6.80. The highest BCUT2D eigenvalue weighted by atomic mass is 19.1. The Hall–Kier alpha value is -1.09. The molecule has 1 heterocycles. The Morgan fingerprint density at radius 3 is 2.94 bits per heavy atom. The first kappa shape index (κ1) is 13.3. The van der Waals surface area contributed by atoms with Gasteiger partial charge < -0.3 is 10.6 Å². The maximum atomic E-state index is 13.7. The molecular formula is C15H23FN2. The fourth-order valence-corrected chi connectivity index (χ4v) is 2.61. The van der Waals surface area contributed by atoms with E-state index >= 15 is 0 Å². The average Bonchev–Trinajstić information content (AvgIpc) is 2.34. The Morgan fingerprint density at radius 1 is 1.44 bits per heavy atom. The van der Waals surface area contributed by atoms with Gasteiger partial charge in [-0.15, -0.1) is 0 Å². The minimum absolute atomic E-state index is 0.154. The van der Waals surface area contributed by atoms with Crippen LogP contribution in [-0.2, 0) is 0 Å². The minimum Gasteiger partial charge on any atom is -0.380 e. The van der Waals surface area contributed by atoms with Crippen molar-refractivity contribution in [2.24, 2.45) is 0 Å². The number of benzene rings is 1. The summed E-state index contributed by atoms with van der Waals surface area (Å²) in [6, 6.07) is 6.22. The second-order valence-electron chi connectivity index (χ2n) is 5.41. The van der Waals surface area contributed by atoms with Crippen LogP contribution in [0.1, 0.15) is 38.2 Å². The van der Waals surface area contributed by atoms with E-state index in [1.54, 1.807) is 6.07 Å². The highest BCUT2D eigenvalue weighted by Crippen LogP contribution is 2.19. The van der Waals surface area contributed by atoms with E-state index in [-0.39, 0.29) is 11.9 Å². The van der Waals surface area contributed by atoms with Gasteiger partial charge in [0.2, 0.25) is 0 Å². The zero-order chi connectivity index (χ0) is 13.0. The Balaban J connectivity index is 1.87. The van der Waals surface area contributed by atoms with Crippen LogP contribution in [0.15, 0.2) is 18.2 Å². The van der Waals surface area contributed by atoms with E-state index in [2.05, 4.69) is 17.6 Å². The lowest BCUT2D eigenvalue weighted by molar-refractivity contribution is 0.371. The summed E-state index contributed by atoms with van der Waals surface area (Å²) in [5.41, 5.74) is 1.57. The molecule has 2 nitrogen and oxygen atoms in total. The molecule has 2 rings (SSSR count). The lowest BCUT2D eigenvalue weighted by Crippen LogP contribution is -2.37. The molecule has 1 aliphatic heterocycles. The summed E-state index contributed by atoms with van der Waals surface area (Å²) in [7, 11) is 0. The fourth-order valence-electron chi connectivity index (χ4n) is 2.61. The van der Waals surface area contributed by atoms with E-state index in [4.69, 9.17) is 0 Å². The van der Waals surface area contributed by atoms with Crippen LogP contribution in [0.3, 0.4) is 0 Å². The standard InChI is InChI=1S/C15H23FN2/c1-11-6-7-15(14(16)9-11)18-12(2)10-13-5-3-4-8-17-13/h6-7,9,12-13,17-18H,3-5,8,10H2,1-2H3. The van der Waals surface area contributed by atoms with Crippen molar-refractivity contribution in [3.05, 3.63) is 29.6 Å². The normalized spacial score (nSPS) is 21.6. The van der Waals surface area contributed by atoms with Gasteiger partial charge in [-0.05, 0) is 57.4 Å². The SMILES string of the molecule is Cc1ccc(NC(C)CC2CCCCN2)c(F)c1. The highest BCUT2D eigenvalue weighted by Gasteiger charge is 2.16. The molecule has 0 radical (unpaired) electrons. The van der Waals surface area contributed by atoms with Gasteiger partial charge in [0.25, 0.3) is 0 Å². The Morgan fingerprint density at radius 2 is 2.28 bits per heavy atom. The molecule has 1 saturated heterocycles. The summed E-state index contributed by atoms with van der Waals surface area (Å²) < 4.78 is 13.7. The van der Waals surface area contributed by atoms with Crippen molar-refractivity contribution in [3.8, 4) is 0 Å². The van der Waals surface area contributed by atoms with Gasteiger partial charge in [-0.3, -0.25) is 0 Å². The number of halogens is 1. The molecule has 0 bridgehead atoms. The summed E-state index contributed by atoms with van der Waals surface area (Å²) in [6.07, 6.45) is 4.88. The molecule has 18 heavy (non-hydrogen) atoms. The summed E-state index contributed by atoms with van der Waals surface area (Å²) in [4.78, 5) is 0. The van der Waals surface area contributed by atoms with Crippen molar-refractivity contribution in [2.75, 3.05) is 11.9 Å². The van der Waals surface area contributed by atoms with Crippen LogP contribution in [0, 0.1) is 12.7 Å². The van der Waals surface area contributed by atoms with Gasteiger partial charge in [0, 0.05) is 12.1 Å². The Labute approximate surface area is 109 Å². The zero-order valence-corrected chi connectivity index (χ0v) is 11.3. The maximum absolute atomic E-state index is 13.7. The van der Waals surface area contributed by atoms with Crippen molar-refractivity contribution in [1.82, 2.24) is 5.32 Å². The van der Waals surface area contributed by atoms with Gasteiger partial charge in [0.1, 0.15) is 5.82 Å². The lowest BCUT2D eigenvalue weighted by atomic mass is 9.98. The lowest BCUT2D eigenvalue weighted by Gasteiger charge is -2.27. The zero-order valence-electron chi connectivity index (χ0n) is 11.3. The molecule has 3 heteroatoms. The molecule has 0 aromatic heterocycles. The second kappa shape index (κ2) is 6.19. The van der Waals surface area contributed by atoms with Gasteiger partial charge in [-0.1, -0.05) is 12.5 Å². The minimum atomic E-state index is -0.154. The molecule has 2 atom stereocenters. The third-order valence-electron chi connectivity index (χ3n) is 3.58. The van der Waals surface area contributed by atoms with Crippen molar-refractivity contribution in [2.45, 2.75) is 51.6 Å². The van der Waals surface area contributed by atoms with Crippen LogP contribution in [0.4, 0.5) is 10.1 Å². The molecule has 0 spiro atoms. The number of aryl methyl sites for hydroxylation is 1. The molecule has 0 amide bonds. The van der Waals surface area contributed by atoms with Crippen molar-refractivity contribution >= 4 is 5.69 Å². The van der Waals surface area contributed by atoms with E-state index in [1.165, 1.54) is 19.3 Å². The molecule has 0 saturated carbocycles. The molecule has 0 aliphatic carbocycles. The number of rotatable bonds is 4. The molecular weight excluding hydrogens is 227 g/mol. The molecule has 2 N–H and O–H groups in total. The van der Waals surface area contributed by atoms with Crippen molar-refractivity contribution in [3.63, 3.8) is 0 Å². The van der Waals surface area contributed by atoms with Crippen LogP contribution in [0.25, 0.3) is 0 Å². The molecule has 1 aliphatic rings. The first-order valence-corrected chi connectivity index (χ1v) is 6.91. The van der Waals surface area contributed by atoms with Crippen LogP contribution < -0.4 is 10.6 Å². The number of nitrogens with one attached hydrogen (secondary N) is 2. The predicted molar refractivity (Wildman–Crippen MR) is 74.5 cm³/mol. The second-order valence-corrected chi connectivity index (χ2v) is 5.41. The topological polar surface area (TPSA) is 24.1 Å². The highest BCUT2D eigenvalue weighted by molar-refractivity contribution is 5.46. The quantitative estimate of drug-likeness (QED) is 0.855. The van der Waals surface area contributed by atoms with E-state index in [0.29, 0.717) is 11.7 Å². The Bertz CT molecular complexity index is 386. The number of hydrogen-bond acceptors (Lipinski definition) is 2. The van der Waals surface area contributed by atoms with Crippen LogP contribution in [0.5, 0.6) is 0 Å². The van der Waals surface area contributed by atoms with Gasteiger partial charge >= 0.3 is 0 Å². The number of piperidine rings is 1. The van der Waals surface area contributed by atoms with Crippen LogP contribution in [-0.4, -0.2) is 18.6 Å². The van der Waals surface area contributed by atoms with E-state index < -0.39 is 0 Å². The number of anilines is 1. The number of hydrogen-bond donors (Lipinski definition) is 2. The molecule has 2 unspecified atom stereocenters. The first-order chi connectivity index (χ1) is 8.65. The Kier molecular flexibility index (Phi) is 4.59. The molecule has 1 fully saturated rings. The third-order valence-corrected chi connectivity index (χ3v) is 3.58. The summed E-state index contributed by atoms with van der Waals surface area (Å²) >= 11 is 0. The molecule has 1 aromatic carbocycles. The van der Waals surface area contributed by atoms with E-state index in [1.807, 2.05) is 19.1 Å². The predicted octanol–water partition coefficient (Wildman–Crippen LogP) is 3.47. The average molecular weight is 250 g/mol.